The van der Waals surface area contributed by atoms with Crippen molar-refractivity contribution in [2.75, 3.05) is 11.9 Å². The molecule has 4 heteroatoms. The average Bonchev–Trinajstić information content (AvgIpc) is 3.55. The van der Waals surface area contributed by atoms with Crippen molar-refractivity contribution >= 4 is 17.7 Å². The van der Waals surface area contributed by atoms with E-state index >= 15 is 0 Å². The Bertz CT molecular complexity index is 842. The molecule has 3 aliphatic rings. The van der Waals surface area contributed by atoms with E-state index in [1.54, 1.807) is 0 Å². The SMILES string of the molecule is O=C(Nc1ccc2c(c1)C=CN(C1CO1)C2)C1CC1c1ccccc1. The van der Waals surface area contributed by atoms with Gasteiger partial charge in [0.2, 0.25) is 5.91 Å². The molecule has 3 unspecified atom stereocenters. The van der Waals surface area contributed by atoms with Gasteiger partial charge in [0.1, 0.15) is 0 Å². The van der Waals surface area contributed by atoms with Crippen molar-refractivity contribution in [3.05, 3.63) is 71.4 Å². The number of rotatable bonds is 4. The third-order valence-corrected chi connectivity index (χ3v) is 5.25. The molecule has 2 fully saturated rings. The third kappa shape index (κ3) is 2.94. The van der Waals surface area contributed by atoms with Crippen LogP contribution in [0.5, 0.6) is 0 Å². The predicted molar refractivity (Wildman–Crippen MR) is 96.7 cm³/mol. The summed E-state index contributed by atoms with van der Waals surface area (Å²) in [7, 11) is 0. The maximum Gasteiger partial charge on any atom is 0.228 e. The topological polar surface area (TPSA) is 44.9 Å². The van der Waals surface area contributed by atoms with Gasteiger partial charge in [0, 0.05) is 24.4 Å². The van der Waals surface area contributed by atoms with Crippen LogP contribution >= 0.6 is 0 Å². The molecule has 25 heavy (non-hydrogen) atoms. The van der Waals surface area contributed by atoms with Crippen molar-refractivity contribution in [2.24, 2.45) is 5.92 Å². The van der Waals surface area contributed by atoms with Crippen molar-refractivity contribution in [1.29, 1.82) is 0 Å². The van der Waals surface area contributed by atoms with Gasteiger partial charge in [0.05, 0.1) is 6.61 Å². The van der Waals surface area contributed by atoms with E-state index in [1.807, 2.05) is 24.3 Å². The van der Waals surface area contributed by atoms with Gasteiger partial charge in [-0.25, -0.2) is 0 Å². The molecule has 1 saturated heterocycles. The predicted octanol–water partition coefficient (Wildman–Crippen LogP) is 3.57. The minimum atomic E-state index is 0.0940. The first-order valence-corrected chi connectivity index (χ1v) is 8.82. The molecule has 2 aromatic rings. The van der Waals surface area contributed by atoms with E-state index in [4.69, 9.17) is 4.74 Å². The normalized spacial score (nSPS) is 26.1. The Morgan fingerprint density at radius 3 is 2.80 bits per heavy atom. The number of fused-ring (bicyclic) bond motifs is 1. The van der Waals surface area contributed by atoms with Gasteiger partial charge in [-0.2, -0.15) is 0 Å². The van der Waals surface area contributed by atoms with E-state index in [2.05, 4.69) is 46.8 Å². The highest BCUT2D eigenvalue weighted by Gasteiger charge is 2.43. The summed E-state index contributed by atoms with van der Waals surface area (Å²) in [4.78, 5) is 14.7. The number of hydrogen-bond acceptors (Lipinski definition) is 3. The standard InChI is InChI=1S/C21H20N2O2/c24-21(19-11-18(19)14-4-2-1-3-5-14)22-17-7-6-16-12-23(20-13-25-20)9-8-15(16)10-17/h1-10,18-20H,11-13H2,(H,22,24). The molecule has 0 bridgehead atoms. The summed E-state index contributed by atoms with van der Waals surface area (Å²) in [6.07, 6.45) is 5.36. The van der Waals surface area contributed by atoms with Gasteiger partial charge in [-0.3, -0.25) is 4.79 Å². The van der Waals surface area contributed by atoms with E-state index in [0.717, 1.165) is 25.3 Å². The zero-order chi connectivity index (χ0) is 16.8. The Hall–Kier alpha value is -2.59. The molecule has 4 nitrogen and oxygen atoms in total. The summed E-state index contributed by atoms with van der Waals surface area (Å²) in [6.45, 7) is 1.68. The zero-order valence-electron chi connectivity index (χ0n) is 13.9. The lowest BCUT2D eigenvalue weighted by atomic mass is 10.0. The molecule has 1 saturated carbocycles. The molecular formula is C21H20N2O2. The van der Waals surface area contributed by atoms with Crippen LogP contribution in [0.15, 0.2) is 54.7 Å². The van der Waals surface area contributed by atoms with Crippen LogP contribution in [0.4, 0.5) is 5.69 Å². The first kappa shape index (κ1) is 14.7. The number of carbonyl (C=O) groups excluding carboxylic acids is 1. The molecule has 2 aliphatic heterocycles. The molecule has 2 heterocycles. The van der Waals surface area contributed by atoms with Crippen LogP contribution in [0, 0.1) is 5.92 Å². The molecule has 1 N–H and O–H groups in total. The fourth-order valence-corrected chi connectivity index (χ4v) is 3.62. The third-order valence-electron chi connectivity index (χ3n) is 5.25. The minimum Gasteiger partial charge on any atom is -0.351 e. The van der Waals surface area contributed by atoms with Gasteiger partial charge < -0.3 is 15.0 Å². The summed E-state index contributed by atoms with van der Waals surface area (Å²) >= 11 is 0. The second-order valence-electron chi connectivity index (χ2n) is 7.04. The Balaban J connectivity index is 1.25. The van der Waals surface area contributed by atoms with Crippen molar-refractivity contribution < 1.29 is 9.53 Å². The lowest BCUT2D eigenvalue weighted by Crippen LogP contribution is -2.23. The van der Waals surface area contributed by atoms with E-state index in [-0.39, 0.29) is 18.1 Å². The lowest BCUT2D eigenvalue weighted by Gasteiger charge is -2.23. The molecule has 126 valence electrons. The number of anilines is 1. The summed E-state index contributed by atoms with van der Waals surface area (Å²) < 4.78 is 5.34. The first-order valence-electron chi connectivity index (χ1n) is 8.82. The van der Waals surface area contributed by atoms with Crippen molar-refractivity contribution in [1.82, 2.24) is 4.90 Å². The number of benzene rings is 2. The molecular weight excluding hydrogens is 312 g/mol. The van der Waals surface area contributed by atoms with Gasteiger partial charge in [-0.15, -0.1) is 0 Å². The number of amides is 1. The lowest BCUT2D eigenvalue weighted by molar-refractivity contribution is -0.117. The second kappa shape index (κ2) is 5.74. The van der Waals surface area contributed by atoms with Crippen LogP contribution in [0.1, 0.15) is 29.0 Å². The highest BCUT2D eigenvalue weighted by atomic mass is 16.6. The summed E-state index contributed by atoms with van der Waals surface area (Å²) in [5, 5.41) is 3.09. The molecule has 0 spiro atoms. The molecule has 2 aromatic carbocycles. The number of carbonyl (C=O) groups is 1. The molecule has 0 radical (unpaired) electrons. The smallest absolute Gasteiger partial charge is 0.228 e. The Morgan fingerprint density at radius 1 is 1.16 bits per heavy atom. The van der Waals surface area contributed by atoms with Crippen molar-refractivity contribution in [3.63, 3.8) is 0 Å². The average molecular weight is 332 g/mol. The second-order valence-corrected chi connectivity index (χ2v) is 7.04. The van der Waals surface area contributed by atoms with Gasteiger partial charge in [0.15, 0.2) is 6.23 Å². The quantitative estimate of drug-likeness (QED) is 0.871. The highest BCUT2D eigenvalue weighted by Crippen LogP contribution is 2.47. The largest absolute Gasteiger partial charge is 0.351 e. The maximum absolute atomic E-state index is 12.5. The van der Waals surface area contributed by atoms with Gasteiger partial charge in [0.25, 0.3) is 0 Å². The van der Waals surface area contributed by atoms with Gasteiger partial charge in [-0.1, -0.05) is 36.4 Å². The van der Waals surface area contributed by atoms with Crippen LogP contribution in [0.2, 0.25) is 0 Å². The molecule has 0 aromatic heterocycles. The maximum atomic E-state index is 12.5. The Morgan fingerprint density at radius 2 is 2.00 bits per heavy atom. The van der Waals surface area contributed by atoms with Crippen LogP contribution in [0.25, 0.3) is 6.08 Å². The van der Waals surface area contributed by atoms with E-state index in [0.29, 0.717) is 5.92 Å². The van der Waals surface area contributed by atoms with Crippen LogP contribution in [-0.4, -0.2) is 23.6 Å². The monoisotopic (exact) mass is 332 g/mol. The minimum absolute atomic E-state index is 0.0940. The Labute approximate surface area is 147 Å². The zero-order valence-corrected chi connectivity index (χ0v) is 13.9. The van der Waals surface area contributed by atoms with Crippen LogP contribution in [0.3, 0.4) is 0 Å². The molecule has 5 rings (SSSR count). The highest BCUT2D eigenvalue weighted by molar-refractivity contribution is 5.95. The molecule has 1 aliphatic carbocycles. The van der Waals surface area contributed by atoms with Crippen LogP contribution < -0.4 is 5.32 Å². The first-order chi connectivity index (χ1) is 12.3. The Kier molecular flexibility index (Phi) is 3.38. The van der Waals surface area contributed by atoms with Crippen molar-refractivity contribution in [2.45, 2.75) is 25.1 Å². The van der Waals surface area contributed by atoms with E-state index in [1.165, 1.54) is 16.7 Å². The fraction of sp³-hybridized carbons (Fsp3) is 0.286. The molecule has 3 atom stereocenters. The fourth-order valence-electron chi connectivity index (χ4n) is 3.62. The van der Waals surface area contributed by atoms with E-state index in [9.17, 15) is 4.79 Å². The van der Waals surface area contributed by atoms with E-state index < -0.39 is 0 Å². The summed E-state index contributed by atoms with van der Waals surface area (Å²) in [6, 6.07) is 16.5. The number of ether oxygens (including phenoxy) is 1. The van der Waals surface area contributed by atoms with Gasteiger partial charge in [-0.05, 0) is 47.2 Å². The summed E-state index contributed by atoms with van der Waals surface area (Å²) in [5.41, 5.74) is 4.58. The van der Waals surface area contributed by atoms with Crippen LogP contribution in [-0.2, 0) is 16.1 Å². The number of nitrogens with zero attached hydrogens (tertiary/aromatic N) is 1. The van der Waals surface area contributed by atoms with Crippen molar-refractivity contribution in [3.8, 4) is 0 Å². The molecule has 1 amide bonds. The van der Waals surface area contributed by atoms with Gasteiger partial charge >= 0.3 is 0 Å². The number of hydrogen-bond donors (Lipinski definition) is 1. The number of nitrogens with one attached hydrogen (secondary N) is 1. The summed E-state index contributed by atoms with van der Waals surface area (Å²) in [5.74, 6) is 0.587. The number of epoxide rings is 1.